The van der Waals surface area contributed by atoms with Gasteiger partial charge < -0.3 is 4.90 Å². The van der Waals surface area contributed by atoms with Gasteiger partial charge >= 0.3 is 0 Å². The van der Waals surface area contributed by atoms with E-state index in [0.717, 1.165) is 13.0 Å². The van der Waals surface area contributed by atoms with Gasteiger partial charge in [0, 0.05) is 25.2 Å². The second kappa shape index (κ2) is 6.35. The lowest BCUT2D eigenvalue weighted by Crippen LogP contribution is -2.46. The maximum absolute atomic E-state index is 11.6. The smallest absolute Gasteiger partial charge is 0.211 e. The van der Waals surface area contributed by atoms with E-state index in [4.69, 9.17) is 0 Å². The number of nitrogens with zero attached hydrogens (tertiary/aromatic N) is 2. The molecule has 0 spiro atoms. The second-order valence-electron chi connectivity index (χ2n) is 6.39. The Morgan fingerprint density at radius 1 is 1.11 bits per heavy atom. The Labute approximate surface area is 113 Å². The van der Waals surface area contributed by atoms with Gasteiger partial charge in [0.2, 0.25) is 10.0 Å². The summed E-state index contributed by atoms with van der Waals surface area (Å²) >= 11 is 0. The topological polar surface area (TPSA) is 40.6 Å². The molecule has 0 N–H and O–H groups in total. The first-order valence-corrected chi connectivity index (χ1v) is 8.37. The summed E-state index contributed by atoms with van der Waals surface area (Å²) < 4.78 is 24.7. The van der Waals surface area contributed by atoms with Crippen LogP contribution in [0.4, 0.5) is 0 Å². The highest BCUT2D eigenvalue weighted by molar-refractivity contribution is 7.88. The quantitative estimate of drug-likeness (QED) is 0.715. The summed E-state index contributed by atoms with van der Waals surface area (Å²) in [6.07, 6.45) is 2.12. The minimum Gasteiger partial charge on any atom is -0.304 e. The van der Waals surface area contributed by atoms with Crippen LogP contribution in [0.3, 0.4) is 0 Å². The predicted molar refractivity (Wildman–Crippen MR) is 78.2 cm³/mol. The molecule has 0 saturated carbocycles. The highest BCUT2D eigenvalue weighted by Gasteiger charge is 2.31. The summed E-state index contributed by atoms with van der Waals surface area (Å²) in [4.78, 5) is 2.29. The lowest BCUT2D eigenvalue weighted by molar-refractivity contribution is 0.173. The van der Waals surface area contributed by atoms with Gasteiger partial charge in [-0.15, -0.1) is 0 Å². The van der Waals surface area contributed by atoms with Crippen molar-refractivity contribution in [2.24, 2.45) is 5.92 Å². The summed E-state index contributed by atoms with van der Waals surface area (Å²) in [6, 6.07) is 0.517. The van der Waals surface area contributed by atoms with Gasteiger partial charge in [0.05, 0.1) is 6.26 Å². The molecule has 5 heteroatoms. The molecule has 0 rings (SSSR count). The Morgan fingerprint density at radius 2 is 1.56 bits per heavy atom. The molecule has 0 aromatic carbocycles. The molecular formula is C13H30N2O2S. The zero-order valence-corrected chi connectivity index (χ0v) is 14.0. The molecule has 0 aromatic heterocycles. The first-order chi connectivity index (χ1) is 7.88. The van der Waals surface area contributed by atoms with Crippen molar-refractivity contribution in [3.05, 3.63) is 0 Å². The normalized spacial score (nSPS) is 15.7. The molecule has 1 unspecified atom stereocenters. The Balaban J connectivity index is 4.59. The number of hydrogen-bond acceptors (Lipinski definition) is 3. The third-order valence-electron chi connectivity index (χ3n) is 3.68. The summed E-state index contributed by atoms with van der Waals surface area (Å²) in [6.45, 7) is 11.5. The van der Waals surface area contributed by atoms with E-state index in [9.17, 15) is 8.42 Å². The van der Waals surface area contributed by atoms with Gasteiger partial charge in [-0.1, -0.05) is 6.92 Å². The van der Waals surface area contributed by atoms with E-state index in [1.807, 2.05) is 13.8 Å². The summed E-state index contributed by atoms with van der Waals surface area (Å²) in [7, 11) is 0.635. The average molecular weight is 278 g/mol. The third-order valence-corrected chi connectivity index (χ3v) is 5.17. The highest BCUT2D eigenvalue weighted by atomic mass is 32.2. The average Bonchev–Trinajstić information content (AvgIpc) is 2.13. The third kappa shape index (κ3) is 5.67. The van der Waals surface area contributed by atoms with Crippen LogP contribution in [0.15, 0.2) is 0 Å². The molecule has 110 valence electrons. The van der Waals surface area contributed by atoms with E-state index in [2.05, 4.69) is 32.7 Å². The van der Waals surface area contributed by atoms with Crippen LogP contribution in [0.25, 0.3) is 0 Å². The summed E-state index contributed by atoms with van der Waals surface area (Å²) in [5, 5.41) is 0. The fraction of sp³-hybridized carbons (Fsp3) is 1.00. The molecular weight excluding hydrogens is 248 g/mol. The van der Waals surface area contributed by atoms with Crippen LogP contribution in [-0.4, -0.2) is 56.1 Å². The zero-order valence-electron chi connectivity index (χ0n) is 13.2. The molecule has 0 aromatic rings. The maximum atomic E-state index is 11.6. The van der Waals surface area contributed by atoms with Crippen LogP contribution < -0.4 is 0 Å². The molecule has 0 amide bonds. The summed E-state index contributed by atoms with van der Waals surface area (Å²) in [5.41, 5.74) is -0.342. The highest BCUT2D eigenvalue weighted by Crippen LogP contribution is 2.25. The molecule has 4 nitrogen and oxygen atoms in total. The number of rotatable bonds is 7. The van der Waals surface area contributed by atoms with Crippen LogP contribution >= 0.6 is 0 Å². The lowest BCUT2D eigenvalue weighted by Gasteiger charge is -2.37. The molecule has 18 heavy (non-hydrogen) atoms. The number of hydrogen-bond donors (Lipinski definition) is 0. The van der Waals surface area contributed by atoms with Crippen molar-refractivity contribution in [1.82, 2.24) is 9.21 Å². The molecule has 0 radical (unpaired) electrons. The Bertz CT molecular complexity index is 350. The van der Waals surface area contributed by atoms with Gasteiger partial charge in [-0.2, -0.15) is 4.31 Å². The van der Waals surface area contributed by atoms with Crippen molar-refractivity contribution in [2.75, 3.05) is 26.9 Å². The first-order valence-electron chi connectivity index (χ1n) is 6.52. The molecule has 0 aliphatic rings. The van der Waals surface area contributed by atoms with Gasteiger partial charge in [-0.25, -0.2) is 8.42 Å². The van der Waals surface area contributed by atoms with Crippen molar-refractivity contribution >= 4 is 10.0 Å². The SMILES string of the molecule is CC(CN(C)C(C)C)CC(C)(C)N(C)S(C)(=O)=O. The Morgan fingerprint density at radius 3 is 1.89 bits per heavy atom. The molecule has 0 bridgehead atoms. The van der Waals surface area contributed by atoms with E-state index in [0.29, 0.717) is 12.0 Å². The molecule has 0 aliphatic carbocycles. The minimum absolute atomic E-state index is 0.342. The Kier molecular flexibility index (Phi) is 6.30. The van der Waals surface area contributed by atoms with Crippen molar-refractivity contribution in [2.45, 2.75) is 52.6 Å². The van der Waals surface area contributed by atoms with Gasteiger partial charge in [-0.05, 0) is 47.1 Å². The molecule has 0 fully saturated rings. The van der Waals surface area contributed by atoms with Crippen molar-refractivity contribution in [3.63, 3.8) is 0 Å². The number of sulfonamides is 1. The first kappa shape index (κ1) is 17.9. The second-order valence-corrected chi connectivity index (χ2v) is 8.40. The minimum atomic E-state index is -3.13. The van der Waals surface area contributed by atoms with E-state index in [1.54, 1.807) is 7.05 Å². The van der Waals surface area contributed by atoms with Crippen LogP contribution in [-0.2, 0) is 10.0 Å². The molecule has 0 saturated heterocycles. The van der Waals surface area contributed by atoms with E-state index < -0.39 is 10.0 Å². The monoisotopic (exact) mass is 278 g/mol. The van der Waals surface area contributed by atoms with Crippen molar-refractivity contribution in [1.29, 1.82) is 0 Å². The van der Waals surface area contributed by atoms with Gasteiger partial charge in [-0.3, -0.25) is 0 Å². The van der Waals surface area contributed by atoms with Crippen molar-refractivity contribution < 1.29 is 8.42 Å². The Hall–Kier alpha value is -0.130. The van der Waals surface area contributed by atoms with Crippen LogP contribution in [0.1, 0.15) is 41.0 Å². The summed E-state index contributed by atoms with van der Waals surface area (Å²) in [5.74, 6) is 0.455. The van der Waals surface area contributed by atoms with E-state index in [1.165, 1.54) is 10.6 Å². The lowest BCUT2D eigenvalue weighted by atomic mass is 9.91. The molecule has 1 atom stereocenters. The van der Waals surface area contributed by atoms with Gasteiger partial charge in [0.1, 0.15) is 0 Å². The van der Waals surface area contributed by atoms with E-state index >= 15 is 0 Å². The van der Waals surface area contributed by atoms with Crippen LogP contribution in [0, 0.1) is 5.92 Å². The van der Waals surface area contributed by atoms with Gasteiger partial charge in [0.25, 0.3) is 0 Å². The van der Waals surface area contributed by atoms with Crippen LogP contribution in [0.2, 0.25) is 0 Å². The predicted octanol–water partition coefficient (Wildman–Crippen LogP) is 2.02. The van der Waals surface area contributed by atoms with Crippen LogP contribution in [0.5, 0.6) is 0 Å². The zero-order chi connectivity index (χ0) is 14.7. The van der Waals surface area contributed by atoms with Crippen molar-refractivity contribution in [3.8, 4) is 0 Å². The fourth-order valence-corrected chi connectivity index (χ4v) is 3.17. The standard InChI is InChI=1S/C13H30N2O2S/c1-11(2)14(6)10-12(3)9-13(4,5)15(7)18(8,16)17/h11-12H,9-10H2,1-8H3. The maximum Gasteiger partial charge on any atom is 0.211 e. The van der Waals surface area contributed by atoms with E-state index in [-0.39, 0.29) is 5.54 Å². The largest absolute Gasteiger partial charge is 0.304 e. The van der Waals surface area contributed by atoms with Gasteiger partial charge in [0.15, 0.2) is 0 Å². The molecule has 0 aliphatic heterocycles. The fourth-order valence-electron chi connectivity index (χ4n) is 2.20. The molecule has 0 heterocycles.